The first-order valence-corrected chi connectivity index (χ1v) is 6.38. The summed E-state index contributed by atoms with van der Waals surface area (Å²) in [6.07, 6.45) is 5.34. The Morgan fingerprint density at radius 3 is 2.67 bits per heavy atom. The Morgan fingerprint density at radius 2 is 2.11 bits per heavy atom. The zero-order valence-corrected chi connectivity index (χ0v) is 10.8. The highest BCUT2D eigenvalue weighted by atomic mass is 16.5. The first-order valence-electron chi connectivity index (χ1n) is 6.38. The number of hydrogen-bond donors (Lipinski definition) is 1. The van der Waals surface area contributed by atoms with Gasteiger partial charge in [0.1, 0.15) is 0 Å². The van der Waals surface area contributed by atoms with Crippen molar-refractivity contribution in [3.05, 3.63) is 6.58 Å². The molecule has 1 amide bonds. The van der Waals surface area contributed by atoms with Gasteiger partial charge >= 0.3 is 5.97 Å². The van der Waals surface area contributed by atoms with Crippen molar-refractivity contribution in [2.45, 2.75) is 51.1 Å². The number of rotatable bonds is 5. The molecule has 0 spiro atoms. The van der Waals surface area contributed by atoms with Gasteiger partial charge in [0.2, 0.25) is 6.04 Å². The fraction of sp³-hybridized carbons (Fsp3) is 0.692. The third kappa shape index (κ3) is 4.34. The van der Waals surface area contributed by atoms with Crippen LogP contribution in [0.5, 0.6) is 0 Å². The molecule has 0 aromatic rings. The number of nitrogens with zero attached hydrogens (tertiary/aromatic N) is 1. The average molecular weight is 252 g/mol. The molecule has 0 aromatic carbocycles. The van der Waals surface area contributed by atoms with E-state index in [9.17, 15) is 9.59 Å². The first kappa shape index (κ1) is 14.5. The van der Waals surface area contributed by atoms with E-state index >= 15 is 0 Å². The van der Waals surface area contributed by atoms with Gasteiger partial charge in [-0.05, 0) is 32.2 Å². The Morgan fingerprint density at radius 1 is 1.44 bits per heavy atom. The molecule has 1 aliphatic carbocycles. The molecule has 5 nitrogen and oxygen atoms in total. The first-order chi connectivity index (χ1) is 8.69. The van der Waals surface area contributed by atoms with Crippen LogP contribution >= 0.6 is 0 Å². The Kier molecular flexibility index (Phi) is 6.15. The minimum Gasteiger partial charge on any atom is -0.464 e. The van der Waals surface area contributed by atoms with Crippen LogP contribution in [0.2, 0.25) is 0 Å². The molecule has 1 rings (SSSR count). The van der Waals surface area contributed by atoms with E-state index < -0.39 is 17.9 Å². The molecule has 0 heterocycles. The molecule has 18 heavy (non-hydrogen) atoms. The van der Waals surface area contributed by atoms with Crippen molar-refractivity contribution >= 4 is 17.7 Å². The number of amides is 1. The number of esters is 1. The largest absolute Gasteiger partial charge is 0.464 e. The Balaban J connectivity index is 2.58. The summed E-state index contributed by atoms with van der Waals surface area (Å²) in [6, 6.07) is -1.03. The molecule has 1 aliphatic rings. The van der Waals surface area contributed by atoms with E-state index in [0.29, 0.717) is 0 Å². The molecular weight excluding hydrogens is 232 g/mol. The molecule has 1 fully saturated rings. The lowest BCUT2D eigenvalue weighted by Gasteiger charge is -2.23. The van der Waals surface area contributed by atoms with Crippen LogP contribution in [0.15, 0.2) is 11.6 Å². The van der Waals surface area contributed by atoms with Crippen LogP contribution in [0, 0.1) is 0 Å². The highest BCUT2D eigenvalue weighted by Gasteiger charge is 2.29. The second kappa shape index (κ2) is 7.67. The van der Waals surface area contributed by atoms with Crippen molar-refractivity contribution in [3.63, 3.8) is 0 Å². The SMILES string of the molecule is C=C=NC(C(=O)NC1CCCCC1)C(=O)OCC. The molecule has 5 heteroatoms. The van der Waals surface area contributed by atoms with Crippen LogP contribution in [0.25, 0.3) is 0 Å². The normalized spacial score (nSPS) is 17.4. The topological polar surface area (TPSA) is 67.8 Å². The number of aliphatic imine (C=N–C) groups is 1. The fourth-order valence-corrected chi connectivity index (χ4v) is 2.06. The monoisotopic (exact) mass is 252 g/mol. The molecule has 100 valence electrons. The maximum absolute atomic E-state index is 11.9. The van der Waals surface area contributed by atoms with E-state index in [1.165, 1.54) is 6.42 Å². The summed E-state index contributed by atoms with van der Waals surface area (Å²) in [5.74, 6) is 1.17. The van der Waals surface area contributed by atoms with Crippen molar-refractivity contribution in [2.24, 2.45) is 4.99 Å². The summed E-state index contributed by atoms with van der Waals surface area (Å²) < 4.78 is 4.81. The van der Waals surface area contributed by atoms with Crippen LogP contribution in [0.3, 0.4) is 0 Å². The molecule has 1 saturated carbocycles. The van der Waals surface area contributed by atoms with E-state index in [-0.39, 0.29) is 12.6 Å². The highest BCUT2D eigenvalue weighted by molar-refractivity contribution is 6.03. The predicted octanol–water partition coefficient (Wildman–Crippen LogP) is 1.22. The maximum atomic E-state index is 11.9. The van der Waals surface area contributed by atoms with Gasteiger partial charge in [-0.2, -0.15) is 0 Å². The van der Waals surface area contributed by atoms with Crippen molar-refractivity contribution in [2.75, 3.05) is 6.61 Å². The lowest BCUT2D eigenvalue weighted by Crippen LogP contribution is -2.45. The van der Waals surface area contributed by atoms with Crippen molar-refractivity contribution in [1.82, 2.24) is 5.32 Å². The number of nitrogens with one attached hydrogen (secondary N) is 1. The summed E-state index contributed by atoms with van der Waals surface area (Å²) in [7, 11) is 0. The quantitative estimate of drug-likeness (QED) is 0.454. The van der Waals surface area contributed by atoms with Crippen LogP contribution in [0.4, 0.5) is 0 Å². The lowest BCUT2D eigenvalue weighted by molar-refractivity contribution is -0.148. The standard InChI is InChI=1S/C13H20N2O3/c1-3-14-11(13(17)18-4-2)12(16)15-10-8-6-5-7-9-10/h10-11H,1,4-9H2,2H3,(H,15,16). The molecule has 1 atom stereocenters. The summed E-state index contributed by atoms with van der Waals surface area (Å²) >= 11 is 0. The molecule has 0 aliphatic heterocycles. The van der Waals surface area contributed by atoms with Crippen molar-refractivity contribution in [3.8, 4) is 0 Å². The smallest absolute Gasteiger partial charge is 0.341 e. The number of ether oxygens (including phenoxy) is 1. The molecule has 0 bridgehead atoms. The Labute approximate surface area is 107 Å². The number of hydrogen-bond acceptors (Lipinski definition) is 4. The van der Waals surface area contributed by atoms with Crippen LogP contribution in [0.1, 0.15) is 39.0 Å². The van der Waals surface area contributed by atoms with Crippen molar-refractivity contribution < 1.29 is 14.3 Å². The van der Waals surface area contributed by atoms with E-state index in [0.717, 1.165) is 25.7 Å². The lowest BCUT2D eigenvalue weighted by atomic mass is 9.95. The van der Waals surface area contributed by atoms with Gasteiger partial charge in [0.15, 0.2) is 0 Å². The van der Waals surface area contributed by atoms with Crippen molar-refractivity contribution in [1.29, 1.82) is 0 Å². The van der Waals surface area contributed by atoms with E-state index in [2.05, 4.69) is 22.8 Å². The highest BCUT2D eigenvalue weighted by Crippen LogP contribution is 2.17. The van der Waals surface area contributed by atoms with Crippen LogP contribution in [-0.2, 0) is 14.3 Å². The zero-order chi connectivity index (χ0) is 13.4. The van der Waals surface area contributed by atoms with Gasteiger partial charge in [0.05, 0.1) is 6.61 Å². The molecule has 0 aromatic heterocycles. The number of carbonyl (C=O) groups is 2. The van der Waals surface area contributed by atoms with Gasteiger partial charge in [-0.1, -0.05) is 19.3 Å². The minimum absolute atomic E-state index is 0.142. The third-order valence-corrected chi connectivity index (χ3v) is 2.93. The van der Waals surface area contributed by atoms with E-state index in [1.807, 2.05) is 0 Å². The Bertz CT molecular complexity index is 342. The number of carbonyl (C=O) groups excluding carboxylic acids is 2. The molecule has 0 saturated heterocycles. The summed E-state index contributed by atoms with van der Waals surface area (Å²) in [5, 5.41) is 2.84. The van der Waals surface area contributed by atoms with Gasteiger partial charge in [-0.25, -0.2) is 9.79 Å². The summed E-state index contributed by atoms with van der Waals surface area (Å²) in [4.78, 5) is 27.2. The van der Waals surface area contributed by atoms with Gasteiger partial charge in [-0.3, -0.25) is 4.79 Å². The minimum atomic E-state index is -1.18. The predicted molar refractivity (Wildman–Crippen MR) is 68.5 cm³/mol. The van der Waals surface area contributed by atoms with Gasteiger partial charge in [0, 0.05) is 6.04 Å². The fourth-order valence-electron chi connectivity index (χ4n) is 2.06. The van der Waals surface area contributed by atoms with E-state index in [4.69, 9.17) is 4.74 Å². The summed E-state index contributed by atoms with van der Waals surface area (Å²) in [6.45, 7) is 5.20. The molecular formula is C13H20N2O3. The van der Waals surface area contributed by atoms with Gasteiger partial charge < -0.3 is 10.1 Å². The zero-order valence-electron chi connectivity index (χ0n) is 10.8. The molecule has 1 unspecified atom stereocenters. The van der Waals surface area contributed by atoms with Crippen LogP contribution in [-0.4, -0.2) is 36.4 Å². The summed E-state index contributed by atoms with van der Waals surface area (Å²) in [5.41, 5.74) is 0. The van der Waals surface area contributed by atoms with Gasteiger partial charge in [0.25, 0.3) is 5.91 Å². The second-order valence-corrected chi connectivity index (χ2v) is 4.29. The molecule has 1 N–H and O–H groups in total. The van der Waals surface area contributed by atoms with Gasteiger partial charge in [-0.15, -0.1) is 0 Å². The van der Waals surface area contributed by atoms with Crippen LogP contribution < -0.4 is 5.32 Å². The maximum Gasteiger partial charge on any atom is 0.341 e. The third-order valence-electron chi connectivity index (χ3n) is 2.93. The average Bonchev–Trinajstić information content (AvgIpc) is 2.37. The van der Waals surface area contributed by atoms with E-state index in [1.54, 1.807) is 6.92 Å². The Hall–Kier alpha value is -1.61. The molecule has 0 radical (unpaired) electrons. The second-order valence-electron chi connectivity index (χ2n) is 4.29.